The van der Waals surface area contributed by atoms with E-state index in [0.717, 1.165) is 16.7 Å². The molecule has 9 heteroatoms. The number of nitrogens with two attached hydrogens (primary N) is 2. The zero-order valence-corrected chi connectivity index (χ0v) is 13.8. The standard InChI is InChI=1S/C16H14N8.ClH/c17-14(18)12-3-1-9(5-21-12)11-7-23-16(24-8-11)10-2-4-13(15(19)20)22-6-10;/h1-8H,(H3,17,18)(H3,19,20);1H. The maximum absolute atomic E-state index is 7.34. The smallest absolute Gasteiger partial charge is 0.160 e. The molecule has 0 amide bonds. The van der Waals surface area contributed by atoms with Gasteiger partial charge in [-0.25, -0.2) is 9.97 Å². The van der Waals surface area contributed by atoms with Gasteiger partial charge < -0.3 is 11.5 Å². The van der Waals surface area contributed by atoms with Crippen LogP contribution < -0.4 is 11.5 Å². The van der Waals surface area contributed by atoms with E-state index in [9.17, 15) is 0 Å². The van der Waals surface area contributed by atoms with E-state index in [1.807, 2.05) is 6.07 Å². The summed E-state index contributed by atoms with van der Waals surface area (Å²) in [6.07, 6.45) is 6.57. The maximum atomic E-state index is 7.34. The molecule has 0 bridgehead atoms. The van der Waals surface area contributed by atoms with Crippen molar-refractivity contribution >= 4 is 24.1 Å². The molecule has 3 rings (SSSR count). The van der Waals surface area contributed by atoms with Crippen LogP contribution in [0.5, 0.6) is 0 Å². The van der Waals surface area contributed by atoms with Gasteiger partial charge in [0.05, 0.1) is 0 Å². The highest BCUT2D eigenvalue weighted by molar-refractivity contribution is 5.93. The van der Waals surface area contributed by atoms with Crippen LogP contribution in [0.4, 0.5) is 0 Å². The molecule has 3 heterocycles. The minimum Gasteiger partial charge on any atom is -0.382 e. The summed E-state index contributed by atoms with van der Waals surface area (Å²) in [7, 11) is 0. The van der Waals surface area contributed by atoms with Crippen LogP contribution in [-0.2, 0) is 0 Å². The number of halogens is 1. The molecule has 0 fully saturated rings. The molecular formula is C16H15ClN8. The first-order chi connectivity index (χ1) is 11.5. The molecule has 0 aliphatic carbocycles. The normalized spacial score (nSPS) is 9.92. The Morgan fingerprint density at radius 1 is 0.640 bits per heavy atom. The van der Waals surface area contributed by atoms with Gasteiger partial charge in [-0.2, -0.15) is 0 Å². The van der Waals surface area contributed by atoms with Gasteiger partial charge in [0.25, 0.3) is 0 Å². The summed E-state index contributed by atoms with van der Waals surface area (Å²) < 4.78 is 0. The van der Waals surface area contributed by atoms with Gasteiger partial charge in [-0.05, 0) is 18.2 Å². The van der Waals surface area contributed by atoms with Crippen LogP contribution in [0.25, 0.3) is 22.5 Å². The lowest BCUT2D eigenvalue weighted by Crippen LogP contribution is -2.12. The Hall–Kier alpha value is -3.39. The molecule has 0 aromatic carbocycles. The Bertz CT molecular complexity index is 812. The molecule has 6 N–H and O–H groups in total. The van der Waals surface area contributed by atoms with Crippen molar-refractivity contribution in [2.24, 2.45) is 11.5 Å². The minimum absolute atomic E-state index is 0. The molecule has 0 saturated carbocycles. The molecule has 3 aromatic heterocycles. The summed E-state index contributed by atoms with van der Waals surface area (Å²) in [5.74, 6) is 0.364. The summed E-state index contributed by atoms with van der Waals surface area (Å²) in [5.41, 5.74) is 14.0. The molecule has 0 aliphatic heterocycles. The SMILES string of the molecule is Cl.N=C(N)c1ccc(-c2cnc(-c3ccc(C(=N)N)nc3)nc2)cn1. The average molecular weight is 355 g/mol. The van der Waals surface area contributed by atoms with Crippen molar-refractivity contribution in [1.82, 2.24) is 19.9 Å². The number of nitrogens with one attached hydrogen (secondary N) is 2. The molecule has 126 valence electrons. The first-order valence-corrected chi connectivity index (χ1v) is 6.98. The van der Waals surface area contributed by atoms with Crippen molar-refractivity contribution in [2.45, 2.75) is 0 Å². The topological polar surface area (TPSA) is 151 Å². The second-order valence-electron chi connectivity index (χ2n) is 4.99. The molecule has 0 atom stereocenters. The van der Waals surface area contributed by atoms with Crippen LogP contribution in [0.3, 0.4) is 0 Å². The van der Waals surface area contributed by atoms with E-state index in [2.05, 4.69) is 19.9 Å². The van der Waals surface area contributed by atoms with Gasteiger partial charge in [0, 0.05) is 41.5 Å². The Kier molecular flexibility index (Phi) is 5.35. The number of hydrogen-bond acceptors (Lipinski definition) is 6. The summed E-state index contributed by atoms with van der Waals surface area (Å²) in [6.45, 7) is 0. The molecule has 25 heavy (non-hydrogen) atoms. The summed E-state index contributed by atoms with van der Waals surface area (Å²) in [5, 5.41) is 14.7. The van der Waals surface area contributed by atoms with E-state index in [4.69, 9.17) is 22.3 Å². The molecule has 0 spiro atoms. The first-order valence-electron chi connectivity index (χ1n) is 6.98. The van der Waals surface area contributed by atoms with E-state index in [1.165, 1.54) is 0 Å². The van der Waals surface area contributed by atoms with Gasteiger partial charge in [0.2, 0.25) is 0 Å². The largest absolute Gasteiger partial charge is 0.382 e. The maximum Gasteiger partial charge on any atom is 0.160 e. The quantitative estimate of drug-likeness (QED) is 0.412. The van der Waals surface area contributed by atoms with E-state index in [1.54, 1.807) is 43.0 Å². The van der Waals surface area contributed by atoms with Gasteiger partial charge in [0.15, 0.2) is 5.82 Å². The predicted molar refractivity (Wildman–Crippen MR) is 97.8 cm³/mol. The highest BCUT2D eigenvalue weighted by Crippen LogP contribution is 2.19. The number of pyridine rings is 2. The van der Waals surface area contributed by atoms with Crippen LogP contribution in [0, 0.1) is 10.8 Å². The highest BCUT2D eigenvalue weighted by atomic mass is 35.5. The van der Waals surface area contributed by atoms with Gasteiger partial charge >= 0.3 is 0 Å². The van der Waals surface area contributed by atoms with E-state index in [-0.39, 0.29) is 24.1 Å². The number of nitrogens with zero attached hydrogens (tertiary/aromatic N) is 4. The van der Waals surface area contributed by atoms with Gasteiger partial charge in [-0.3, -0.25) is 20.8 Å². The molecule has 8 nitrogen and oxygen atoms in total. The molecule has 0 unspecified atom stereocenters. The lowest BCUT2D eigenvalue weighted by Gasteiger charge is -2.04. The van der Waals surface area contributed by atoms with Crippen molar-refractivity contribution in [2.75, 3.05) is 0 Å². The molecule has 0 saturated heterocycles. The predicted octanol–water partition coefficient (Wildman–Crippen LogP) is 1.59. The second kappa shape index (κ2) is 7.45. The number of amidine groups is 2. The zero-order chi connectivity index (χ0) is 17.1. The van der Waals surface area contributed by atoms with Crippen LogP contribution >= 0.6 is 12.4 Å². The molecule has 0 radical (unpaired) electrons. The summed E-state index contributed by atoms with van der Waals surface area (Å²) >= 11 is 0. The lowest BCUT2D eigenvalue weighted by molar-refractivity contribution is 1.16. The number of nitrogen functional groups attached to an aromatic ring is 2. The van der Waals surface area contributed by atoms with Crippen molar-refractivity contribution in [3.05, 3.63) is 60.4 Å². The number of hydrogen-bond donors (Lipinski definition) is 4. The highest BCUT2D eigenvalue weighted by Gasteiger charge is 2.06. The molecule has 0 aliphatic rings. The Labute approximate surface area is 149 Å². The molecular weight excluding hydrogens is 340 g/mol. The number of rotatable bonds is 4. The third-order valence-corrected chi connectivity index (χ3v) is 3.32. The van der Waals surface area contributed by atoms with Crippen molar-refractivity contribution in [1.29, 1.82) is 10.8 Å². The summed E-state index contributed by atoms with van der Waals surface area (Å²) in [6, 6.07) is 6.91. The fraction of sp³-hybridized carbons (Fsp3) is 0. The second-order valence-corrected chi connectivity index (χ2v) is 4.99. The minimum atomic E-state index is -0.0840. The zero-order valence-electron chi connectivity index (χ0n) is 13.0. The summed E-state index contributed by atoms with van der Waals surface area (Å²) in [4.78, 5) is 16.9. The van der Waals surface area contributed by atoms with Gasteiger partial charge in [-0.15, -0.1) is 12.4 Å². The monoisotopic (exact) mass is 354 g/mol. The molecule has 3 aromatic rings. The van der Waals surface area contributed by atoms with Crippen LogP contribution in [0.2, 0.25) is 0 Å². The third kappa shape index (κ3) is 3.93. The lowest BCUT2D eigenvalue weighted by atomic mass is 10.1. The Morgan fingerprint density at radius 3 is 1.48 bits per heavy atom. The fourth-order valence-electron chi connectivity index (χ4n) is 2.04. The van der Waals surface area contributed by atoms with Crippen molar-refractivity contribution in [3.8, 4) is 22.5 Å². The van der Waals surface area contributed by atoms with Crippen LogP contribution in [0.15, 0.2) is 49.1 Å². The third-order valence-electron chi connectivity index (χ3n) is 3.32. The van der Waals surface area contributed by atoms with Gasteiger partial charge in [0.1, 0.15) is 23.1 Å². The Balaban J connectivity index is 0.00000225. The Morgan fingerprint density at radius 2 is 1.08 bits per heavy atom. The average Bonchev–Trinajstić information content (AvgIpc) is 2.62. The van der Waals surface area contributed by atoms with Gasteiger partial charge in [-0.1, -0.05) is 6.07 Å². The van der Waals surface area contributed by atoms with Crippen molar-refractivity contribution in [3.63, 3.8) is 0 Å². The van der Waals surface area contributed by atoms with E-state index in [0.29, 0.717) is 17.2 Å². The van der Waals surface area contributed by atoms with Crippen LogP contribution in [-0.4, -0.2) is 31.6 Å². The van der Waals surface area contributed by atoms with Crippen molar-refractivity contribution < 1.29 is 0 Å². The number of aromatic nitrogens is 4. The first kappa shape index (κ1) is 18.0. The fourth-order valence-corrected chi connectivity index (χ4v) is 2.04. The van der Waals surface area contributed by atoms with E-state index >= 15 is 0 Å². The van der Waals surface area contributed by atoms with E-state index < -0.39 is 0 Å². The van der Waals surface area contributed by atoms with Crippen LogP contribution in [0.1, 0.15) is 11.4 Å².